The van der Waals surface area contributed by atoms with E-state index in [1.807, 2.05) is 18.0 Å². The lowest BCUT2D eigenvalue weighted by Crippen LogP contribution is -2.36. The molecule has 31 heavy (non-hydrogen) atoms. The van der Waals surface area contributed by atoms with Gasteiger partial charge in [0.15, 0.2) is 11.5 Å². The van der Waals surface area contributed by atoms with Crippen molar-refractivity contribution in [1.29, 1.82) is 5.26 Å². The quantitative estimate of drug-likeness (QED) is 0.452. The van der Waals surface area contributed by atoms with Crippen molar-refractivity contribution in [3.63, 3.8) is 0 Å². The SMILES string of the molecule is CN(CCO)C[C@H](CC=O)Nc1cc(-c2cnc(NC(=O)C3CC3)cn2)cnc1C#N. The van der Waals surface area contributed by atoms with Gasteiger partial charge >= 0.3 is 0 Å². The van der Waals surface area contributed by atoms with Crippen LogP contribution in [0.25, 0.3) is 11.3 Å². The van der Waals surface area contributed by atoms with E-state index in [1.54, 1.807) is 6.07 Å². The number of carbonyl (C=O) groups is 2. The van der Waals surface area contributed by atoms with E-state index in [-0.39, 0.29) is 36.6 Å². The first kappa shape index (κ1) is 22.3. The van der Waals surface area contributed by atoms with Crippen LogP contribution in [0.3, 0.4) is 0 Å². The Bertz CT molecular complexity index is 954. The van der Waals surface area contributed by atoms with Crippen LogP contribution in [0.1, 0.15) is 25.0 Å². The minimum atomic E-state index is -0.260. The van der Waals surface area contributed by atoms with Gasteiger partial charge < -0.3 is 25.4 Å². The molecule has 3 rings (SSSR count). The molecule has 2 aromatic heterocycles. The summed E-state index contributed by atoms with van der Waals surface area (Å²) >= 11 is 0. The molecule has 2 heterocycles. The summed E-state index contributed by atoms with van der Waals surface area (Å²) in [5.41, 5.74) is 1.86. The number of hydrogen-bond donors (Lipinski definition) is 3. The number of aliphatic hydroxyl groups excluding tert-OH is 1. The summed E-state index contributed by atoms with van der Waals surface area (Å²) in [6.07, 6.45) is 7.42. The van der Waals surface area contributed by atoms with Crippen molar-refractivity contribution in [2.75, 3.05) is 37.4 Å². The first-order chi connectivity index (χ1) is 15.0. The zero-order valence-electron chi connectivity index (χ0n) is 17.3. The van der Waals surface area contributed by atoms with Gasteiger partial charge in [0.1, 0.15) is 12.4 Å². The first-order valence-electron chi connectivity index (χ1n) is 10.1. The van der Waals surface area contributed by atoms with Crippen LogP contribution >= 0.6 is 0 Å². The Hall–Kier alpha value is -3.42. The van der Waals surface area contributed by atoms with Crippen molar-refractivity contribution in [3.8, 4) is 17.3 Å². The van der Waals surface area contributed by atoms with Crippen LogP contribution in [-0.4, -0.2) is 69.9 Å². The molecule has 0 unspecified atom stereocenters. The number of nitrogens with zero attached hydrogens (tertiary/aromatic N) is 5. The predicted molar refractivity (Wildman–Crippen MR) is 114 cm³/mol. The number of rotatable bonds is 11. The Morgan fingerprint density at radius 1 is 1.35 bits per heavy atom. The molecule has 0 aromatic carbocycles. The summed E-state index contributed by atoms with van der Waals surface area (Å²) in [5, 5.41) is 24.5. The maximum absolute atomic E-state index is 11.8. The average molecular weight is 423 g/mol. The molecule has 0 aliphatic heterocycles. The summed E-state index contributed by atoms with van der Waals surface area (Å²) in [5.74, 6) is 0.424. The van der Waals surface area contributed by atoms with Crippen molar-refractivity contribution < 1.29 is 14.7 Å². The molecular weight excluding hydrogens is 398 g/mol. The van der Waals surface area contributed by atoms with Crippen LogP contribution in [0.15, 0.2) is 24.7 Å². The molecule has 1 aliphatic rings. The van der Waals surface area contributed by atoms with Crippen molar-refractivity contribution in [2.45, 2.75) is 25.3 Å². The molecule has 1 saturated carbocycles. The number of nitrogens with one attached hydrogen (secondary N) is 2. The number of aromatic nitrogens is 3. The standard InChI is InChI=1S/C21H25N7O3/c1-28(5-7-30)13-16(4-6-29)26-17-8-15(10-23-18(17)9-22)19-11-25-20(12-24-19)27-21(31)14-2-3-14/h6,8,10-12,14,16,26,30H,2-5,7,13H2,1H3,(H,25,27,31)/t16-/m0/s1. The second-order valence-electron chi connectivity index (χ2n) is 7.51. The van der Waals surface area contributed by atoms with Gasteiger partial charge in [0.2, 0.25) is 5.91 Å². The molecule has 0 spiro atoms. The molecule has 0 saturated heterocycles. The third-order valence-electron chi connectivity index (χ3n) is 4.89. The van der Waals surface area contributed by atoms with E-state index in [9.17, 15) is 14.9 Å². The molecular formula is C21H25N7O3. The summed E-state index contributed by atoms with van der Waals surface area (Å²) in [6, 6.07) is 3.53. The molecule has 10 heteroatoms. The molecule has 0 radical (unpaired) electrons. The summed E-state index contributed by atoms with van der Waals surface area (Å²) < 4.78 is 0. The number of aliphatic hydroxyl groups is 1. The molecule has 1 amide bonds. The van der Waals surface area contributed by atoms with Crippen molar-refractivity contribution >= 4 is 23.7 Å². The highest BCUT2D eigenvalue weighted by Crippen LogP contribution is 2.30. The highest BCUT2D eigenvalue weighted by molar-refractivity contribution is 5.93. The summed E-state index contributed by atoms with van der Waals surface area (Å²) in [6.45, 7) is 0.990. The molecule has 2 aromatic rings. The van der Waals surface area contributed by atoms with E-state index in [0.29, 0.717) is 35.9 Å². The van der Waals surface area contributed by atoms with Crippen LogP contribution in [-0.2, 0) is 9.59 Å². The van der Waals surface area contributed by atoms with Crippen molar-refractivity contribution in [3.05, 3.63) is 30.4 Å². The van der Waals surface area contributed by atoms with Gasteiger partial charge in [-0.15, -0.1) is 0 Å². The zero-order valence-corrected chi connectivity index (χ0v) is 17.3. The molecule has 1 aliphatic carbocycles. The maximum atomic E-state index is 11.8. The number of pyridine rings is 1. The third-order valence-corrected chi connectivity index (χ3v) is 4.89. The number of likely N-dealkylation sites (N-methyl/N-ethyl adjacent to an activating group) is 1. The summed E-state index contributed by atoms with van der Waals surface area (Å²) in [4.78, 5) is 37.6. The van der Waals surface area contributed by atoms with Crippen LogP contribution in [0.2, 0.25) is 0 Å². The molecule has 1 atom stereocenters. The maximum Gasteiger partial charge on any atom is 0.228 e. The Morgan fingerprint density at radius 2 is 2.16 bits per heavy atom. The van der Waals surface area contributed by atoms with Crippen LogP contribution < -0.4 is 10.6 Å². The third kappa shape index (κ3) is 6.28. The number of aldehydes is 1. The largest absolute Gasteiger partial charge is 0.395 e. The predicted octanol–water partition coefficient (Wildman–Crippen LogP) is 1.05. The Kier molecular flexibility index (Phi) is 7.59. The van der Waals surface area contributed by atoms with E-state index in [2.05, 4.69) is 25.6 Å². The Labute approximate surface area is 180 Å². The lowest BCUT2D eigenvalue weighted by atomic mass is 10.1. The minimum absolute atomic E-state index is 0.0145. The highest BCUT2D eigenvalue weighted by Gasteiger charge is 2.29. The van der Waals surface area contributed by atoms with Gasteiger partial charge in [-0.1, -0.05) is 0 Å². The molecule has 3 N–H and O–H groups in total. The number of anilines is 2. The van der Waals surface area contributed by atoms with Gasteiger partial charge in [-0.2, -0.15) is 5.26 Å². The molecule has 162 valence electrons. The lowest BCUT2D eigenvalue weighted by molar-refractivity contribution is -0.117. The van der Waals surface area contributed by atoms with Crippen LogP contribution in [0, 0.1) is 17.2 Å². The number of nitriles is 1. The Balaban J connectivity index is 1.76. The lowest BCUT2D eigenvalue weighted by Gasteiger charge is -2.24. The minimum Gasteiger partial charge on any atom is -0.395 e. The first-order valence-corrected chi connectivity index (χ1v) is 10.1. The average Bonchev–Trinajstić information content (AvgIpc) is 3.60. The fourth-order valence-corrected chi connectivity index (χ4v) is 3.07. The Morgan fingerprint density at radius 3 is 2.77 bits per heavy atom. The van der Waals surface area contributed by atoms with E-state index < -0.39 is 0 Å². The smallest absolute Gasteiger partial charge is 0.228 e. The van der Waals surface area contributed by atoms with E-state index in [4.69, 9.17) is 5.11 Å². The highest BCUT2D eigenvalue weighted by atomic mass is 16.3. The van der Waals surface area contributed by atoms with Crippen LogP contribution in [0.4, 0.5) is 11.5 Å². The monoisotopic (exact) mass is 423 g/mol. The fraction of sp³-hybridized carbons (Fsp3) is 0.429. The van der Waals surface area contributed by atoms with E-state index in [1.165, 1.54) is 18.6 Å². The molecule has 1 fully saturated rings. The number of carbonyl (C=O) groups excluding carboxylic acids is 2. The van der Waals surface area contributed by atoms with Gasteiger partial charge in [0, 0.05) is 43.2 Å². The van der Waals surface area contributed by atoms with E-state index in [0.717, 1.165) is 19.1 Å². The van der Waals surface area contributed by atoms with Gasteiger partial charge in [0.25, 0.3) is 0 Å². The number of amides is 1. The van der Waals surface area contributed by atoms with Gasteiger partial charge in [-0.25, -0.2) is 9.97 Å². The van der Waals surface area contributed by atoms with Crippen LogP contribution in [0.5, 0.6) is 0 Å². The zero-order chi connectivity index (χ0) is 22.2. The van der Waals surface area contributed by atoms with Gasteiger partial charge in [0.05, 0.1) is 30.4 Å². The summed E-state index contributed by atoms with van der Waals surface area (Å²) in [7, 11) is 1.84. The van der Waals surface area contributed by atoms with Crippen molar-refractivity contribution in [2.24, 2.45) is 5.92 Å². The number of hydrogen-bond acceptors (Lipinski definition) is 9. The molecule has 10 nitrogen and oxygen atoms in total. The second-order valence-corrected chi connectivity index (χ2v) is 7.51. The fourth-order valence-electron chi connectivity index (χ4n) is 3.07. The normalized spacial score (nSPS) is 14.0. The van der Waals surface area contributed by atoms with Gasteiger partial charge in [-0.3, -0.25) is 9.78 Å². The second kappa shape index (κ2) is 10.6. The van der Waals surface area contributed by atoms with Crippen molar-refractivity contribution in [1.82, 2.24) is 19.9 Å². The molecule has 0 bridgehead atoms. The van der Waals surface area contributed by atoms with E-state index >= 15 is 0 Å². The topological polar surface area (TPSA) is 144 Å². The van der Waals surface area contributed by atoms with Gasteiger partial charge in [-0.05, 0) is 26.0 Å².